The molecule has 1 amide bonds. The number of aliphatic imine (C=N–C) groups is 1. The van der Waals surface area contributed by atoms with Crippen molar-refractivity contribution in [1.29, 1.82) is 0 Å². The van der Waals surface area contributed by atoms with E-state index in [1.54, 1.807) is 19.2 Å². The Bertz CT molecular complexity index is 596. The van der Waals surface area contributed by atoms with Crippen LogP contribution in [0.25, 0.3) is 0 Å². The van der Waals surface area contributed by atoms with Crippen LogP contribution in [0.5, 0.6) is 0 Å². The lowest BCUT2D eigenvalue weighted by Crippen LogP contribution is -2.42. The normalized spacial score (nSPS) is 16.0. The van der Waals surface area contributed by atoms with E-state index >= 15 is 0 Å². The maximum absolute atomic E-state index is 13.4. The van der Waals surface area contributed by atoms with Gasteiger partial charge >= 0.3 is 0 Å². The van der Waals surface area contributed by atoms with Crippen LogP contribution in [0, 0.1) is 5.82 Å². The summed E-state index contributed by atoms with van der Waals surface area (Å²) < 4.78 is 13.4. The summed E-state index contributed by atoms with van der Waals surface area (Å²) in [5.74, 6) is 0.485. The fourth-order valence-corrected chi connectivity index (χ4v) is 2.70. The number of halogens is 1. The average molecular weight is 334 g/mol. The van der Waals surface area contributed by atoms with Crippen molar-refractivity contribution in [2.75, 3.05) is 20.1 Å². The van der Waals surface area contributed by atoms with Crippen LogP contribution in [0.3, 0.4) is 0 Å². The molecule has 1 saturated carbocycles. The second kappa shape index (κ2) is 8.13. The summed E-state index contributed by atoms with van der Waals surface area (Å²) in [6.07, 6.45) is 2.47. The highest BCUT2D eigenvalue weighted by Gasteiger charge is 2.44. The summed E-state index contributed by atoms with van der Waals surface area (Å²) in [5.41, 5.74) is 1.02. The lowest BCUT2D eigenvalue weighted by atomic mass is 9.96. The molecule has 3 N–H and O–H groups in total. The minimum atomic E-state index is -0.197. The van der Waals surface area contributed by atoms with Crippen molar-refractivity contribution in [3.8, 4) is 0 Å². The van der Waals surface area contributed by atoms with Crippen molar-refractivity contribution in [1.82, 2.24) is 16.0 Å². The van der Waals surface area contributed by atoms with Crippen molar-refractivity contribution in [3.63, 3.8) is 0 Å². The molecule has 0 spiro atoms. The van der Waals surface area contributed by atoms with Gasteiger partial charge in [0.05, 0.1) is 0 Å². The monoisotopic (exact) mass is 334 g/mol. The Morgan fingerprint density at radius 1 is 1.33 bits per heavy atom. The van der Waals surface area contributed by atoms with Crippen LogP contribution in [-0.4, -0.2) is 38.0 Å². The molecular formula is C18H27FN4O. The molecule has 0 radical (unpaired) electrons. The van der Waals surface area contributed by atoms with E-state index in [2.05, 4.69) is 20.9 Å². The number of carbonyl (C=O) groups excluding carboxylic acids is 1. The number of hydrogen-bond acceptors (Lipinski definition) is 2. The standard InChI is InChI=1S/C18H27FN4O/c1-13(2)23-16(24)7-10-21-17(20-3)22-12-18(8-9-18)14-5-4-6-15(19)11-14/h4-6,11,13H,7-10,12H2,1-3H3,(H,23,24)(H2,20,21,22). The third kappa shape index (κ3) is 5.22. The van der Waals surface area contributed by atoms with Gasteiger partial charge in [0.25, 0.3) is 0 Å². The molecule has 2 rings (SSSR count). The Hall–Kier alpha value is -2.11. The zero-order valence-corrected chi connectivity index (χ0v) is 14.7. The maximum atomic E-state index is 13.4. The Morgan fingerprint density at radius 3 is 2.67 bits per heavy atom. The van der Waals surface area contributed by atoms with Crippen LogP contribution in [-0.2, 0) is 10.2 Å². The van der Waals surface area contributed by atoms with Crippen LogP contribution in [0.15, 0.2) is 29.3 Å². The van der Waals surface area contributed by atoms with Crippen LogP contribution >= 0.6 is 0 Å². The quantitative estimate of drug-likeness (QED) is 0.527. The highest BCUT2D eigenvalue weighted by atomic mass is 19.1. The number of guanidine groups is 1. The van der Waals surface area contributed by atoms with Gasteiger partial charge in [-0.2, -0.15) is 0 Å². The van der Waals surface area contributed by atoms with Gasteiger partial charge in [0, 0.05) is 38.0 Å². The number of nitrogens with one attached hydrogen (secondary N) is 3. The number of hydrogen-bond donors (Lipinski definition) is 3. The summed E-state index contributed by atoms with van der Waals surface area (Å²) >= 11 is 0. The molecule has 0 unspecified atom stereocenters. The van der Waals surface area contributed by atoms with Crippen molar-refractivity contribution < 1.29 is 9.18 Å². The van der Waals surface area contributed by atoms with E-state index < -0.39 is 0 Å². The number of benzene rings is 1. The third-order valence-corrected chi connectivity index (χ3v) is 4.20. The highest BCUT2D eigenvalue weighted by molar-refractivity contribution is 5.81. The molecule has 1 aliphatic carbocycles. The van der Waals surface area contributed by atoms with Crippen LogP contribution < -0.4 is 16.0 Å². The van der Waals surface area contributed by atoms with Gasteiger partial charge in [0.1, 0.15) is 5.82 Å². The van der Waals surface area contributed by atoms with E-state index in [0.29, 0.717) is 25.5 Å². The van der Waals surface area contributed by atoms with Crippen LogP contribution in [0.2, 0.25) is 0 Å². The first-order valence-corrected chi connectivity index (χ1v) is 8.45. The van der Waals surface area contributed by atoms with E-state index in [1.807, 2.05) is 19.9 Å². The van der Waals surface area contributed by atoms with Gasteiger partial charge in [-0.25, -0.2) is 4.39 Å². The van der Waals surface area contributed by atoms with Gasteiger partial charge in [-0.05, 0) is 44.4 Å². The average Bonchev–Trinajstić information content (AvgIpc) is 3.31. The van der Waals surface area contributed by atoms with E-state index in [1.165, 1.54) is 6.07 Å². The molecule has 24 heavy (non-hydrogen) atoms. The fraction of sp³-hybridized carbons (Fsp3) is 0.556. The molecule has 0 bridgehead atoms. The molecule has 132 valence electrons. The Balaban J connectivity index is 1.79. The van der Waals surface area contributed by atoms with E-state index in [0.717, 1.165) is 18.4 Å². The molecular weight excluding hydrogens is 307 g/mol. The predicted octanol–water partition coefficient (Wildman–Crippen LogP) is 1.94. The third-order valence-electron chi connectivity index (χ3n) is 4.20. The Morgan fingerprint density at radius 2 is 2.08 bits per heavy atom. The van der Waals surface area contributed by atoms with Crippen molar-refractivity contribution >= 4 is 11.9 Å². The molecule has 5 nitrogen and oxygen atoms in total. The summed E-state index contributed by atoms with van der Waals surface area (Å²) in [4.78, 5) is 15.8. The first kappa shape index (κ1) is 18.2. The van der Waals surface area contributed by atoms with Crippen molar-refractivity contribution in [3.05, 3.63) is 35.6 Å². The second-order valence-electron chi connectivity index (χ2n) is 6.62. The molecule has 0 saturated heterocycles. The van der Waals surface area contributed by atoms with Crippen LogP contribution in [0.1, 0.15) is 38.7 Å². The molecule has 1 fully saturated rings. The van der Waals surface area contributed by atoms with E-state index in [4.69, 9.17) is 0 Å². The lowest BCUT2D eigenvalue weighted by molar-refractivity contribution is -0.121. The first-order valence-electron chi connectivity index (χ1n) is 8.45. The van der Waals surface area contributed by atoms with Crippen molar-refractivity contribution in [2.24, 2.45) is 4.99 Å². The molecule has 1 aromatic rings. The summed E-state index contributed by atoms with van der Waals surface area (Å²) in [5, 5.41) is 9.28. The van der Waals surface area contributed by atoms with E-state index in [9.17, 15) is 9.18 Å². The number of rotatable bonds is 7. The number of nitrogens with zero attached hydrogens (tertiary/aromatic N) is 1. The highest BCUT2D eigenvalue weighted by Crippen LogP contribution is 2.47. The van der Waals surface area contributed by atoms with Gasteiger partial charge in [0.15, 0.2) is 5.96 Å². The number of amides is 1. The Kier molecular flexibility index (Phi) is 6.17. The van der Waals surface area contributed by atoms with Gasteiger partial charge in [-0.15, -0.1) is 0 Å². The Labute approximate surface area is 143 Å². The largest absolute Gasteiger partial charge is 0.356 e. The molecule has 0 aromatic heterocycles. The maximum Gasteiger partial charge on any atom is 0.221 e. The molecule has 6 heteroatoms. The minimum Gasteiger partial charge on any atom is -0.356 e. The molecule has 1 aliphatic rings. The van der Waals surface area contributed by atoms with Gasteiger partial charge in [0.2, 0.25) is 5.91 Å². The van der Waals surface area contributed by atoms with Crippen molar-refractivity contribution in [2.45, 2.75) is 44.6 Å². The van der Waals surface area contributed by atoms with Gasteiger partial charge < -0.3 is 16.0 Å². The smallest absolute Gasteiger partial charge is 0.221 e. The van der Waals surface area contributed by atoms with Crippen LogP contribution in [0.4, 0.5) is 4.39 Å². The second-order valence-corrected chi connectivity index (χ2v) is 6.62. The summed E-state index contributed by atoms with van der Waals surface area (Å²) in [6.45, 7) is 5.10. The SMILES string of the molecule is CN=C(NCCC(=O)NC(C)C)NCC1(c2cccc(F)c2)CC1. The van der Waals surface area contributed by atoms with E-state index in [-0.39, 0.29) is 23.2 Å². The molecule has 0 atom stereocenters. The predicted molar refractivity (Wildman–Crippen MR) is 94.6 cm³/mol. The van der Waals surface area contributed by atoms with Gasteiger partial charge in [-0.1, -0.05) is 12.1 Å². The minimum absolute atomic E-state index is 0.00522. The van der Waals surface area contributed by atoms with Gasteiger partial charge in [-0.3, -0.25) is 9.79 Å². The summed E-state index contributed by atoms with van der Waals surface area (Å²) in [7, 11) is 1.70. The molecule has 0 heterocycles. The lowest BCUT2D eigenvalue weighted by Gasteiger charge is -2.19. The fourth-order valence-electron chi connectivity index (χ4n) is 2.70. The first-order chi connectivity index (χ1) is 11.4. The topological polar surface area (TPSA) is 65.5 Å². The zero-order chi connectivity index (χ0) is 17.6. The summed E-state index contributed by atoms with van der Waals surface area (Å²) in [6, 6.07) is 6.96. The molecule has 1 aromatic carbocycles. The molecule has 0 aliphatic heterocycles. The number of carbonyl (C=O) groups is 1. The zero-order valence-electron chi connectivity index (χ0n) is 14.7.